The molecule has 0 aliphatic rings. The van der Waals surface area contributed by atoms with Gasteiger partial charge in [-0.1, -0.05) is 18.2 Å². The highest BCUT2D eigenvalue weighted by Crippen LogP contribution is 2.29. The van der Waals surface area contributed by atoms with Crippen molar-refractivity contribution in [2.45, 2.75) is 43.9 Å². The molecule has 0 amide bonds. The van der Waals surface area contributed by atoms with E-state index in [-0.39, 0.29) is 18.5 Å². The third kappa shape index (κ3) is 5.97. The summed E-state index contributed by atoms with van der Waals surface area (Å²) in [6, 6.07) is 9.33. The molecule has 10 heteroatoms. The number of aromatic nitrogens is 1. The topological polar surface area (TPSA) is 103 Å². The van der Waals surface area contributed by atoms with Crippen molar-refractivity contribution in [1.29, 1.82) is 0 Å². The molecule has 0 fully saturated rings. The van der Waals surface area contributed by atoms with E-state index in [1.165, 1.54) is 35.9 Å². The molecule has 0 unspecified atom stereocenters. The summed E-state index contributed by atoms with van der Waals surface area (Å²) in [6.07, 6.45) is 3.99. The third-order valence-corrected chi connectivity index (χ3v) is 8.94. The summed E-state index contributed by atoms with van der Waals surface area (Å²) in [4.78, 5) is 25.2. The predicted molar refractivity (Wildman–Crippen MR) is 138 cm³/mol. The second-order valence-corrected chi connectivity index (χ2v) is 11.7. The van der Waals surface area contributed by atoms with Crippen molar-refractivity contribution in [3.05, 3.63) is 70.1 Å². The third-order valence-electron chi connectivity index (χ3n) is 6.88. The monoisotopic (exact) mass is 535 g/mol. The van der Waals surface area contributed by atoms with E-state index in [1.807, 2.05) is 0 Å². The molecule has 0 aliphatic carbocycles. The van der Waals surface area contributed by atoms with Crippen LogP contribution in [0.2, 0.25) is 0 Å². The molecule has 7 nitrogen and oxygen atoms in total. The van der Waals surface area contributed by atoms with Crippen LogP contribution in [0, 0.1) is 11.6 Å². The Morgan fingerprint density at radius 1 is 1.11 bits per heavy atom. The maximum atomic E-state index is 14.9. The van der Waals surface area contributed by atoms with Crippen LogP contribution in [-0.2, 0) is 32.3 Å². The summed E-state index contributed by atoms with van der Waals surface area (Å²) >= 11 is 0. The number of ether oxygens (including phenoxy) is 1. The van der Waals surface area contributed by atoms with E-state index in [1.54, 1.807) is 25.3 Å². The zero-order valence-corrected chi connectivity index (χ0v) is 21.9. The van der Waals surface area contributed by atoms with Crippen molar-refractivity contribution in [2.75, 3.05) is 26.6 Å². The number of hydrogen-bond acceptors (Lipinski definition) is 6. The number of nitrogens with zero attached hydrogens (tertiary/aromatic N) is 1. The largest absolute Gasteiger partial charge is 0.389 e. The van der Waals surface area contributed by atoms with Gasteiger partial charge in [-0.05, 0) is 67.3 Å². The van der Waals surface area contributed by atoms with E-state index in [0.29, 0.717) is 41.3 Å². The summed E-state index contributed by atoms with van der Waals surface area (Å²) in [5.74, 6) is -2.69. The van der Waals surface area contributed by atoms with Gasteiger partial charge in [-0.15, -0.1) is 0 Å². The number of fused-ring (bicyclic) bond motifs is 1. The minimum Gasteiger partial charge on any atom is -0.389 e. The van der Waals surface area contributed by atoms with Gasteiger partial charge in [0.05, 0.1) is 0 Å². The second-order valence-electron chi connectivity index (χ2n) is 9.30. The van der Waals surface area contributed by atoms with Crippen LogP contribution in [0.1, 0.15) is 31.7 Å². The number of carbonyl (C=O) groups is 1. The molecule has 0 aliphatic heterocycles. The highest BCUT2D eigenvalue weighted by Gasteiger charge is 2.42. The quantitative estimate of drug-likeness (QED) is 0.355. The van der Waals surface area contributed by atoms with Crippen LogP contribution >= 0.6 is 0 Å². The summed E-state index contributed by atoms with van der Waals surface area (Å²) in [5, 5.41) is 10.0. The Balaban J connectivity index is 1.89. The minimum atomic E-state index is -3.85. The van der Waals surface area contributed by atoms with Crippen LogP contribution in [0.5, 0.6) is 0 Å². The fraction of sp³-hybridized carbons (Fsp3) is 0.407. The molecule has 1 aromatic heterocycles. The molecule has 200 valence electrons. The van der Waals surface area contributed by atoms with Crippen molar-refractivity contribution < 1.29 is 31.8 Å². The van der Waals surface area contributed by atoms with Crippen molar-refractivity contribution >= 4 is 26.4 Å². The van der Waals surface area contributed by atoms with Gasteiger partial charge in [0.25, 0.3) is 5.56 Å². The van der Waals surface area contributed by atoms with Crippen LogP contribution in [0.4, 0.5) is 8.78 Å². The molecule has 0 bridgehead atoms. The van der Waals surface area contributed by atoms with Gasteiger partial charge in [0, 0.05) is 43.7 Å². The number of pyridine rings is 1. The number of Topliss-reactive ketones (excluding diaryl/α,β-unsaturated/α-hetero) is 1. The molecule has 3 rings (SSSR count). The Hall–Kier alpha value is -2.95. The molecule has 37 heavy (non-hydrogen) atoms. The number of ketones is 1. The number of benzene rings is 2. The first-order chi connectivity index (χ1) is 17.4. The average molecular weight is 536 g/mol. The fourth-order valence-electron chi connectivity index (χ4n) is 4.23. The smallest absolute Gasteiger partial charge is 0.258 e. The van der Waals surface area contributed by atoms with Gasteiger partial charge in [-0.2, -0.15) is 0 Å². The van der Waals surface area contributed by atoms with Crippen LogP contribution in [0.25, 0.3) is 21.9 Å². The first-order valence-electron chi connectivity index (χ1n) is 11.9. The molecular formula is C27H31F2NO6S. The zero-order valence-electron chi connectivity index (χ0n) is 21.1. The number of aliphatic hydroxyl groups is 1. The maximum Gasteiger partial charge on any atom is 0.258 e. The number of aryl methyl sites for hydroxylation is 2. The molecule has 3 aromatic rings. The molecule has 0 radical (unpaired) electrons. The Bertz CT molecular complexity index is 1470. The van der Waals surface area contributed by atoms with Crippen LogP contribution in [0.3, 0.4) is 0 Å². The molecule has 1 heterocycles. The number of methoxy groups -OCH3 is 1. The van der Waals surface area contributed by atoms with Crippen LogP contribution < -0.4 is 5.56 Å². The molecule has 0 spiro atoms. The number of sulfone groups is 1. The number of unbranched alkanes of at least 4 members (excludes halogenated alkanes) is 1. The first kappa shape index (κ1) is 28.6. The number of aliphatic hydroxyl groups excluding tert-OH is 1. The van der Waals surface area contributed by atoms with Crippen molar-refractivity contribution in [1.82, 2.24) is 4.57 Å². The summed E-state index contributed by atoms with van der Waals surface area (Å²) in [6.45, 7) is 0.791. The van der Waals surface area contributed by atoms with Crippen molar-refractivity contribution in [3.8, 4) is 11.1 Å². The van der Waals surface area contributed by atoms with Gasteiger partial charge in [0.15, 0.2) is 27.3 Å². The lowest BCUT2D eigenvalue weighted by molar-refractivity contribution is -0.124. The number of carbonyl (C=O) groups excluding carboxylic acids is 1. The van der Waals surface area contributed by atoms with Crippen LogP contribution in [0.15, 0.2) is 47.4 Å². The van der Waals surface area contributed by atoms with Gasteiger partial charge in [-0.3, -0.25) is 9.59 Å². The van der Waals surface area contributed by atoms with Gasteiger partial charge < -0.3 is 14.4 Å². The maximum absolute atomic E-state index is 14.9. The highest BCUT2D eigenvalue weighted by atomic mass is 32.2. The van der Waals surface area contributed by atoms with Gasteiger partial charge in [0.1, 0.15) is 11.4 Å². The summed E-state index contributed by atoms with van der Waals surface area (Å²) in [7, 11) is -2.27. The minimum absolute atomic E-state index is 0.0719. The Labute approximate surface area is 214 Å². The lowest BCUT2D eigenvalue weighted by Crippen LogP contribution is -2.46. The standard InChI is InChI=1S/C27H31F2NO6S/c1-27(23(32)17-31,37(3,34)35)12-14-30-13-11-20-16-19(8-10-22(20)26(30)33)21-9-7-18(24(28)25(21)29)6-4-5-15-36-2/h7-11,13,16,31H,4-6,12,14-15,17H2,1-3H3/t27-/m1/s1. The Morgan fingerprint density at radius 2 is 1.84 bits per heavy atom. The first-order valence-corrected chi connectivity index (χ1v) is 13.8. The average Bonchev–Trinajstić information content (AvgIpc) is 2.87. The normalized spacial score (nSPS) is 13.6. The zero-order chi connectivity index (χ0) is 27.4. The highest BCUT2D eigenvalue weighted by molar-refractivity contribution is 7.92. The molecule has 0 saturated heterocycles. The predicted octanol–water partition coefficient (Wildman–Crippen LogP) is 3.67. The van der Waals surface area contributed by atoms with Crippen molar-refractivity contribution in [3.63, 3.8) is 0 Å². The number of rotatable bonds is 12. The lowest BCUT2D eigenvalue weighted by Gasteiger charge is -2.25. The van der Waals surface area contributed by atoms with Gasteiger partial charge in [0.2, 0.25) is 0 Å². The fourth-order valence-corrected chi connectivity index (χ4v) is 5.17. The molecule has 2 aromatic carbocycles. The number of halogens is 2. The van der Waals surface area contributed by atoms with E-state index < -0.39 is 44.2 Å². The SMILES string of the molecule is COCCCCc1ccc(-c2ccc3c(=O)n(CC[C@](C)(C(=O)CO)S(C)(=O)=O)ccc3c2)c(F)c1F. The Kier molecular flexibility index (Phi) is 8.99. The number of hydrogen-bond donors (Lipinski definition) is 1. The molecule has 0 saturated carbocycles. The van der Waals surface area contributed by atoms with E-state index in [0.717, 1.165) is 12.7 Å². The molecule has 1 N–H and O–H groups in total. The molecule has 1 atom stereocenters. The second kappa shape index (κ2) is 11.6. The van der Waals surface area contributed by atoms with Crippen LogP contribution in [-0.4, -0.2) is 55.2 Å². The summed E-state index contributed by atoms with van der Waals surface area (Å²) < 4.78 is 58.5. The van der Waals surface area contributed by atoms with E-state index in [9.17, 15) is 31.9 Å². The molecular weight excluding hydrogens is 504 g/mol. The van der Waals surface area contributed by atoms with Gasteiger partial charge in [-0.25, -0.2) is 17.2 Å². The Morgan fingerprint density at radius 3 is 2.49 bits per heavy atom. The van der Waals surface area contributed by atoms with E-state index in [4.69, 9.17) is 4.74 Å². The summed E-state index contributed by atoms with van der Waals surface area (Å²) in [5.41, 5.74) is 0.358. The lowest BCUT2D eigenvalue weighted by atomic mass is 9.98. The van der Waals surface area contributed by atoms with E-state index >= 15 is 0 Å². The van der Waals surface area contributed by atoms with E-state index in [2.05, 4.69) is 0 Å². The van der Waals surface area contributed by atoms with Gasteiger partial charge >= 0.3 is 0 Å². The van der Waals surface area contributed by atoms with Crippen molar-refractivity contribution in [2.24, 2.45) is 0 Å².